The molecule has 0 spiro atoms. The van der Waals surface area contributed by atoms with E-state index in [1.54, 1.807) is 13.3 Å². The molecule has 4 aromatic rings. The number of ether oxygens (including phenoxy) is 2. The number of benzene rings is 1. The molecule has 184 valence electrons. The molecule has 0 bridgehead atoms. The number of H-pyrrole nitrogens is 1. The number of halogens is 1. The van der Waals surface area contributed by atoms with E-state index in [9.17, 15) is 9.59 Å². The molecule has 0 aliphatic carbocycles. The SMILES string of the molecule is COc1cccc2c1[C@H]1CN(CCCCn3c(=O)[nH]c4c(sc5cccnc54)c3=O)C[C@@H]1CO2.Cl. The highest BCUT2D eigenvalue weighted by atomic mass is 35.5. The van der Waals surface area contributed by atoms with Crippen molar-refractivity contribution in [2.75, 3.05) is 33.4 Å². The zero-order valence-electron chi connectivity index (χ0n) is 19.4. The lowest BCUT2D eigenvalue weighted by atomic mass is 9.86. The standard InChI is InChI=1S/C25H26N4O4S.ClH/c1-32-17-6-4-7-18-20(17)16-13-28(12-15(16)14-33-18)10-2-3-11-29-24(30)23-22(27-25(29)31)21-19(34-23)8-5-9-26-21;/h4-9,15-16H,2-3,10-14H2,1H3,(H,27,31);1H/t15-,16+;/m1./s1. The number of likely N-dealkylation sites (tertiary alicyclic amines) is 1. The summed E-state index contributed by atoms with van der Waals surface area (Å²) in [6, 6.07) is 9.76. The molecule has 1 saturated heterocycles. The van der Waals surface area contributed by atoms with Crippen molar-refractivity contribution in [3.8, 4) is 11.5 Å². The van der Waals surface area contributed by atoms with E-state index in [-0.39, 0.29) is 23.7 Å². The molecule has 2 atom stereocenters. The van der Waals surface area contributed by atoms with Crippen molar-refractivity contribution in [1.29, 1.82) is 0 Å². The predicted octanol–water partition coefficient (Wildman–Crippen LogP) is 3.62. The van der Waals surface area contributed by atoms with Gasteiger partial charge >= 0.3 is 5.69 Å². The topological polar surface area (TPSA) is 89.5 Å². The first-order valence-electron chi connectivity index (χ1n) is 11.7. The summed E-state index contributed by atoms with van der Waals surface area (Å²) < 4.78 is 14.4. The number of methoxy groups -OCH3 is 1. The molecule has 35 heavy (non-hydrogen) atoms. The van der Waals surface area contributed by atoms with Gasteiger partial charge in [-0.2, -0.15) is 0 Å². The molecule has 1 fully saturated rings. The minimum absolute atomic E-state index is 0. The zero-order chi connectivity index (χ0) is 23.2. The minimum Gasteiger partial charge on any atom is -0.496 e. The molecule has 2 aliphatic heterocycles. The highest BCUT2D eigenvalue weighted by Gasteiger charge is 2.40. The van der Waals surface area contributed by atoms with Crippen LogP contribution in [0.25, 0.3) is 20.4 Å². The van der Waals surface area contributed by atoms with Gasteiger partial charge in [0, 0.05) is 43.2 Å². The van der Waals surface area contributed by atoms with Gasteiger partial charge in [-0.3, -0.25) is 14.3 Å². The average molecular weight is 515 g/mol. The molecular weight excluding hydrogens is 488 g/mol. The second kappa shape index (κ2) is 9.64. The Kier molecular flexibility index (Phi) is 6.57. The first kappa shape index (κ1) is 23.8. The maximum Gasteiger partial charge on any atom is 0.328 e. The van der Waals surface area contributed by atoms with Crippen LogP contribution in [-0.4, -0.2) is 52.8 Å². The number of hydrogen-bond donors (Lipinski definition) is 1. The number of fused-ring (bicyclic) bond motifs is 6. The van der Waals surface area contributed by atoms with E-state index in [4.69, 9.17) is 9.47 Å². The number of thiophene rings is 1. The molecule has 0 amide bonds. The fourth-order valence-corrected chi connectivity index (χ4v) is 6.49. The Morgan fingerprint density at radius 1 is 1.17 bits per heavy atom. The number of unbranched alkanes of at least 4 members (excludes halogenated alkanes) is 1. The maximum atomic E-state index is 13.0. The lowest BCUT2D eigenvalue weighted by Gasteiger charge is -2.29. The molecular formula is C25H27ClN4O4S. The number of hydrogen-bond acceptors (Lipinski definition) is 7. The third-order valence-corrected chi connectivity index (χ3v) is 8.19. The van der Waals surface area contributed by atoms with Crippen LogP contribution in [0.2, 0.25) is 0 Å². The van der Waals surface area contributed by atoms with Crippen LogP contribution in [0.4, 0.5) is 0 Å². The Hall–Kier alpha value is -2.88. The molecule has 0 saturated carbocycles. The van der Waals surface area contributed by atoms with E-state index in [0.717, 1.165) is 55.3 Å². The molecule has 8 nitrogen and oxygen atoms in total. The van der Waals surface area contributed by atoms with Crippen LogP contribution in [0.3, 0.4) is 0 Å². The number of nitrogens with one attached hydrogen (secondary N) is 1. The maximum absolute atomic E-state index is 13.0. The van der Waals surface area contributed by atoms with Crippen molar-refractivity contribution in [2.24, 2.45) is 5.92 Å². The van der Waals surface area contributed by atoms with Crippen LogP contribution in [0.1, 0.15) is 24.3 Å². The number of nitrogens with zero attached hydrogens (tertiary/aromatic N) is 3. The van der Waals surface area contributed by atoms with Gasteiger partial charge in [0.15, 0.2) is 0 Å². The quantitative estimate of drug-likeness (QED) is 0.395. The van der Waals surface area contributed by atoms with Gasteiger partial charge in [0.25, 0.3) is 5.56 Å². The summed E-state index contributed by atoms with van der Waals surface area (Å²) >= 11 is 1.38. The van der Waals surface area contributed by atoms with E-state index in [0.29, 0.717) is 34.1 Å². The van der Waals surface area contributed by atoms with Gasteiger partial charge in [0.05, 0.1) is 23.9 Å². The summed E-state index contributed by atoms with van der Waals surface area (Å²) in [5, 5.41) is 0. The van der Waals surface area contributed by atoms with Crippen molar-refractivity contribution in [3.05, 3.63) is 62.9 Å². The van der Waals surface area contributed by atoms with Crippen LogP contribution in [0.15, 0.2) is 46.1 Å². The smallest absolute Gasteiger partial charge is 0.328 e. The molecule has 2 aliphatic rings. The van der Waals surface area contributed by atoms with Gasteiger partial charge in [-0.05, 0) is 43.7 Å². The first-order chi connectivity index (χ1) is 16.6. The van der Waals surface area contributed by atoms with Crippen LogP contribution in [0, 0.1) is 5.92 Å². The zero-order valence-corrected chi connectivity index (χ0v) is 21.0. The highest BCUT2D eigenvalue weighted by Crippen LogP contribution is 2.46. The molecule has 0 radical (unpaired) electrons. The lowest BCUT2D eigenvalue weighted by molar-refractivity contribution is 0.209. The molecule has 6 rings (SSSR count). The first-order valence-corrected chi connectivity index (χ1v) is 12.5. The molecule has 3 aromatic heterocycles. The van der Waals surface area contributed by atoms with Gasteiger partial charge in [-0.25, -0.2) is 4.79 Å². The van der Waals surface area contributed by atoms with Crippen LogP contribution < -0.4 is 20.7 Å². The molecule has 0 unspecified atom stereocenters. The van der Waals surface area contributed by atoms with Crippen LogP contribution in [0.5, 0.6) is 11.5 Å². The van der Waals surface area contributed by atoms with Crippen molar-refractivity contribution in [1.82, 2.24) is 19.4 Å². The minimum atomic E-state index is -0.365. The van der Waals surface area contributed by atoms with E-state index in [1.165, 1.54) is 21.5 Å². The fraction of sp³-hybridized carbons (Fsp3) is 0.400. The monoisotopic (exact) mass is 514 g/mol. The van der Waals surface area contributed by atoms with Gasteiger partial charge in [0.2, 0.25) is 0 Å². The number of aromatic amines is 1. The third kappa shape index (κ3) is 4.11. The van der Waals surface area contributed by atoms with Crippen molar-refractivity contribution in [2.45, 2.75) is 25.3 Å². The average Bonchev–Trinajstić information content (AvgIpc) is 3.44. The Balaban J connectivity index is 0.00000253. The van der Waals surface area contributed by atoms with Gasteiger partial charge in [-0.15, -0.1) is 23.7 Å². The lowest BCUT2D eigenvalue weighted by Crippen LogP contribution is -2.34. The summed E-state index contributed by atoms with van der Waals surface area (Å²) in [7, 11) is 1.71. The van der Waals surface area contributed by atoms with E-state index >= 15 is 0 Å². The van der Waals surface area contributed by atoms with E-state index in [1.807, 2.05) is 30.3 Å². The Bertz CT molecular complexity index is 1480. The van der Waals surface area contributed by atoms with Crippen molar-refractivity contribution in [3.63, 3.8) is 0 Å². The number of aromatic nitrogens is 3. The summed E-state index contributed by atoms with van der Waals surface area (Å²) in [4.78, 5) is 35.3. The van der Waals surface area contributed by atoms with E-state index in [2.05, 4.69) is 14.9 Å². The summed E-state index contributed by atoms with van der Waals surface area (Å²) in [6.45, 7) is 4.04. The second-order valence-corrected chi connectivity index (χ2v) is 10.1. The molecule has 1 N–H and O–H groups in total. The Morgan fingerprint density at radius 3 is 2.89 bits per heavy atom. The third-order valence-electron chi connectivity index (χ3n) is 7.06. The predicted molar refractivity (Wildman–Crippen MR) is 140 cm³/mol. The van der Waals surface area contributed by atoms with Gasteiger partial charge in [0.1, 0.15) is 21.7 Å². The van der Waals surface area contributed by atoms with Crippen molar-refractivity contribution < 1.29 is 9.47 Å². The van der Waals surface area contributed by atoms with E-state index < -0.39 is 0 Å². The summed E-state index contributed by atoms with van der Waals surface area (Å²) in [5.41, 5.74) is 1.82. The largest absolute Gasteiger partial charge is 0.496 e. The van der Waals surface area contributed by atoms with Gasteiger partial charge in [-0.1, -0.05) is 6.07 Å². The summed E-state index contributed by atoms with van der Waals surface area (Å²) in [6.07, 6.45) is 3.35. The highest BCUT2D eigenvalue weighted by molar-refractivity contribution is 7.25. The van der Waals surface area contributed by atoms with Crippen LogP contribution in [-0.2, 0) is 6.54 Å². The summed E-state index contributed by atoms with van der Waals surface area (Å²) in [5.74, 6) is 2.71. The second-order valence-electron chi connectivity index (χ2n) is 9.06. The normalized spacial score (nSPS) is 19.2. The van der Waals surface area contributed by atoms with Gasteiger partial charge < -0.3 is 19.4 Å². The molecule has 5 heterocycles. The molecule has 10 heteroatoms. The van der Waals surface area contributed by atoms with Crippen LogP contribution >= 0.6 is 23.7 Å². The number of pyridine rings is 1. The Morgan fingerprint density at radius 2 is 2.03 bits per heavy atom. The molecule has 1 aromatic carbocycles. The number of rotatable bonds is 6. The van der Waals surface area contributed by atoms with Crippen molar-refractivity contribution >= 4 is 44.2 Å². The fourth-order valence-electron chi connectivity index (χ4n) is 5.42. The Labute approximate surface area is 211 Å².